The average Bonchev–Trinajstić information content (AvgIpc) is 3.83. The van der Waals surface area contributed by atoms with E-state index in [1.54, 1.807) is 0 Å². The van der Waals surface area contributed by atoms with Crippen LogP contribution in [0.4, 0.5) is 0 Å². The van der Waals surface area contributed by atoms with Crippen molar-refractivity contribution in [2.24, 2.45) is 0 Å². The standard InChI is InChI=1S/C52H32N6O/c59-51-46-38(40-31-32-44-45(47(40)57(51)36-23-11-4-12-24-36)41-26-14-16-28-43(41)56(44)35-21-9-3-10-22-35)29-30-39-37-25-13-15-27-42(37)58(48(39)46)52-54-49(33-17-5-1-6-18-33)53-50(55-52)34-19-7-2-8-20-34/h1-32H. The van der Waals surface area contributed by atoms with Crippen LogP contribution in [0.2, 0.25) is 0 Å². The summed E-state index contributed by atoms with van der Waals surface area (Å²) in [4.78, 5) is 31.3. The van der Waals surface area contributed by atoms with E-state index >= 15 is 4.79 Å². The molecule has 4 heterocycles. The lowest BCUT2D eigenvalue weighted by Crippen LogP contribution is -2.20. The van der Waals surface area contributed by atoms with Gasteiger partial charge < -0.3 is 4.57 Å². The van der Waals surface area contributed by atoms with E-state index in [0.29, 0.717) is 23.0 Å². The Morgan fingerprint density at radius 1 is 0.322 bits per heavy atom. The number of rotatable bonds is 5. The van der Waals surface area contributed by atoms with Gasteiger partial charge in [-0.1, -0.05) is 152 Å². The van der Waals surface area contributed by atoms with Crippen LogP contribution >= 0.6 is 0 Å². The smallest absolute Gasteiger partial charge is 0.265 e. The summed E-state index contributed by atoms with van der Waals surface area (Å²) >= 11 is 0. The molecule has 7 nitrogen and oxygen atoms in total. The molecule has 12 rings (SSSR count). The molecule has 0 radical (unpaired) electrons. The van der Waals surface area contributed by atoms with Crippen molar-refractivity contribution in [1.29, 1.82) is 0 Å². The van der Waals surface area contributed by atoms with Gasteiger partial charge in [0.2, 0.25) is 5.95 Å². The predicted octanol–water partition coefficient (Wildman–Crippen LogP) is 11.9. The van der Waals surface area contributed by atoms with E-state index in [9.17, 15) is 0 Å². The molecule has 8 aromatic carbocycles. The second-order valence-corrected chi connectivity index (χ2v) is 14.8. The van der Waals surface area contributed by atoms with E-state index in [2.05, 4.69) is 94.1 Å². The number of aromatic nitrogens is 6. The summed E-state index contributed by atoms with van der Waals surface area (Å²) in [7, 11) is 0. The van der Waals surface area contributed by atoms with Crippen molar-refractivity contribution in [3.63, 3.8) is 0 Å². The molecular weight excluding hydrogens is 725 g/mol. The fourth-order valence-corrected chi connectivity index (χ4v) is 8.99. The summed E-state index contributed by atoms with van der Waals surface area (Å²) in [5, 5.41) is 6.44. The molecule has 0 saturated heterocycles. The zero-order chi connectivity index (χ0) is 39.0. The molecule has 4 aromatic heterocycles. The summed E-state index contributed by atoms with van der Waals surface area (Å²) in [6.45, 7) is 0. The molecule has 7 heteroatoms. The van der Waals surface area contributed by atoms with Crippen molar-refractivity contribution in [3.05, 3.63) is 204 Å². The van der Waals surface area contributed by atoms with Crippen LogP contribution in [-0.4, -0.2) is 28.7 Å². The topological polar surface area (TPSA) is 70.5 Å². The maximum atomic E-state index is 15.9. The van der Waals surface area contributed by atoms with Gasteiger partial charge in [0.05, 0.1) is 33.0 Å². The van der Waals surface area contributed by atoms with E-state index in [1.165, 1.54) is 0 Å². The normalized spacial score (nSPS) is 11.8. The molecule has 0 bridgehead atoms. The van der Waals surface area contributed by atoms with E-state index in [-0.39, 0.29) is 5.56 Å². The van der Waals surface area contributed by atoms with Gasteiger partial charge in [0.15, 0.2) is 11.6 Å². The number of benzene rings is 8. The Morgan fingerprint density at radius 2 is 0.780 bits per heavy atom. The number of para-hydroxylation sites is 4. The zero-order valence-corrected chi connectivity index (χ0v) is 31.6. The van der Waals surface area contributed by atoms with Crippen LogP contribution in [0.1, 0.15) is 0 Å². The van der Waals surface area contributed by atoms with Crippen LogP contribution in [0.3, 0.4) is 0 Å². The van der Waals surface area contributed by atoms with Crippen molar-refractivity contribution in [3.8, 4) is 40.1 Å². The lowest BCUT2D eigenvalue weighted by molar-refractivity contribution is 0.954. The summed E-state index contributed by atoms with van der Waals surface area (Å²) in [5.74, 6) is 1.53. The third-order valence-electron chi connectivity index (χ3n) is 11.5. The predicted molar refractivity (Wildman–Crippen MR) is 240 cm³/mol. The molecule has 0 spiro atoms. The number of pyridine rings is 1. The summed E-state index contributed by atoms with van der Waals surface area (Å²) in [5.41, 5.74) is 8.05. The second-order valence-electron chi connectivity index (χ2n) is 14.8. The number of hydrogen-bond donors (Lipinski definition) is 0. The number of hydrogen-bond acceptors (Lipinski definition) is 4. The summed E-state index contributed by atoms with van der Waals surface area (Å²) in [6.07, 6.45) is 0. The first-order valence-corrected chi connectivity index (χ1v) is 19.7. The zero-order valence-electron chi connectivity index (χ0n) is 31.6. The second kappa shape index (κ2) is 12.9. The van der Waals surface area contributed by atoms with Gasteiger partial charge in [-0.15, -0.1) is 0 Å². The lowest BCUT2D eigenvalue weighted by Gasteiger charge is -2.17. The molecule has 0 aliphatic carbocycles. The van der Waals surface area contributed by atoms with Gasteiger partial charge in [-0.05, 0) is 47.9 Å². The third-order valence-corrected chi connectivity index (χ3v) is 11.5. The van der Waals surface area contributed by atoms with Gasteiger partial charge in [-0.25, -0.2) is 4.98 Å². The summed E-state index contributed by atoms with van der Waals surface area (Å²) in [6, 6.07) is 65.7. The van der Waals surface area contributed by atoms with Crippen LogP contribution in [0.25, 0.3) is 105 Å². The van der Waals surface area contributed by atoms with Gasteiger partial charge in [0, 0.05) is 49.4 Å². The van der Waals surface area contributed by atoms with Gasteiger partial charge >= 0.3 is 0 Å². The minimum Gasteiger partial charge on any atom is -0.309 e. The molecule has 0 aliphatic heterocycles. The molecule has 0 N–H and O–H groups in total. The van der Waals surface area contributed by atoms with Gasteiger partial charge in [-0.3, -0.25) is 13.9 Å². The molecule has 0 saturated carbocycles. The van der Waals surface area contributed by atoms with E-state index < -0.39 is 0 Å². The highest BCUT2D eigenvalue weighted by atomic mass is 16.1. The highest BCUT2D eigenvalue weighted by Crippen LogP contribution is 2.42. The minimum absolute atomic E-state index is 0.127. The van der Waals surface area contributed by atoms with Gasteiger partial charge in [-0.2, -0.15) is 9.97 Å². The fraction of sp³-hybridized carbons (Fsp3) is 0. The highest BCUT2D eigenvalue weighted by Gasteiger charge is 2.25. The van der Waals surface area contributed by atoms with Gasteiger partial charge in [0.25, 0.3) is 5.56 Å². The molecule has 0 aliphatic rings. The van der Waals surface area contributed by atoms with E-state index in [4.69, 9.17) is 15.0 Å². The molecule has 59 heavy (non-hydrogen) atoms. The first-order valence-electron chi connectivity index (χ1n) is 19.7. The Hall–Kier alpha value is -8.16. The van der Waals surface area contributed by atoms with Crippen LogP contribution in [-0.2, 0) is 0 Å². The molecule has 0 unspecified atom stereocenters. The SMILES string of the molecule is O=c1c2c(ccc3c4ccccc4n(-c4nc(-c5ccccc5)nc(-c5ccccc5)n4)c32)c2ccc3c(c4ccccc4n3-c3ccccc3)c2n1-c1ccccc1. The maximum absolute atomic E-state index is 15.9. The summed E-state index contributed by atoms with van der Waals surface area (Å²) < 4.78 is 6.28. The Bertz CT molecular complexity index is 3610. The molecule has 0 fully saturated rings. The van der Waals surface area contributed by atoms with Crippen molar-refractivity contribution >= 4 is 65.3 Å². The Balaban J connectivity index is 1.28. The van der Waals surface area contributed by atoms with E-state index in [0.717, 1.165) is 82.4 Å². The monoisotopic (exact) mass is 756 g/mol. The maximum Gasteiger partial charge on any atom is 0.265 e. The average molecular weight is 757 g/mol. The molecular formula is C52H32N6O. The molecule has 12 aromatic rings. The van der Waals surface area contributed by atoms with Gasteiger partial charge in [0.1, 0.15) is 0 Å². The minimum atomic E-state index is -0.127. The Kier molecular flexibility index (Phi) is 7.24. The van der Waals surface area contributed by atoms with Crippen molar-refractivity contribution in [1.82, 2.24) is 28.7 Å². The third kappa shape index (κ3) is 4.95. The lowest BCUT2D eigenvalue weighted by atomic mass is 9.99. The highest BCUT2D eigenvalue weighted by molar-refractivity contribution is 6.28. The van der Waals surface area contributed by atoms with Crippen LogP contribution in [0, 0.1) is 0 Å². The largest absolute Gasteiger partial charge is 0.309 e. The van der Waals surface area contributed by atoms with Crippen LogP contribution < -0.4 is 5.56 Å². The van der Waals surface area contributed by atoms with Crippen molar-refractivity contribution in [2.45, 2.75) is 0 Å². The van der Waals surface area contributed by atoms with Crippen LogP contribution in [0.5, 0.6) is 0 Å². The molecule has 0 amide bonds. The Labute approximate surface area is 337 Å². The molecule has 0 atom stereocenters. The van der Waals surface area contributed by atoms with Crippen molar-refractivity contribution in [2.75, 3.05) is 0 Å². The number of fused-ring (bicyclic) bond motifs is 11. The van der Waals surface area contributed by atoms with E-state index in [1.807, 2.05) is 114 Å². The first kappa shape index (κ1) is 33.0. The van der Waals surface area contributed by atoms with Crippen LogP contribution in [0.15, 0.2) is 199 Å². The first-order chi connectivity index (χ1) is 29.2. The Morgan fingerprint density at radius 3 is 1.41 bits per heavy atom. The quantitative estimate of drug-likeness (QED) is 0.164. The fourth-order valence-electron chi connectivity index (χ4n) is 8.99. The van der Waals surface area contributed by atoms with Crippen molar-refractivity contribution < 1.29 is 0 Å². The number of nitrogens with zero attached hydrogens (tertiary/aromatic N) is 6. The molecule has 276 valence electrons.